The fourth-order valence-electron chi connectivity index (χ4n) is 2.14. The van der Waals surface area contributed by atoms with Gasteiger partial charge in [-0.25, -0.2) is 15.0 Å². The van der Waals surface area contributed by atoms with Gasteiger partial charge in [0.25, 0.3) is 5.56 Å². The van der Waals surface area contributed by atoms with Gasteiger partial charge in [0.2, 0.25) is 5.88 Å². The van der Waals surface area contributed by atoms with Gasteiger partial charge in [-0.1, -0.05) is 0 Å². The lowest BCUT2D eigenvalue weighted by Gasteiger charge is -2.04. The number of nitrogens with one attached hydrogen (secondary N) is 1. The summed E-state index contributed by atoms with van der Waals surface area (Å²) in [6.07, 6.45) is 4.04. The number of hydrogen-bond donors (Lipinski definition) is 1. The Kier molecular flexibility index (Phi) is 2.55. The van der Waals surface area contributed by atoms with Crippen LogP contribution in [0.1, 0.15) is 17.7 Å². The first-order valence-corrected chi connectivity index (χ1v) is 5.76. The quantitative estimate of drug-likeness (QED) is 0.842. The van der Waals surface area contributed by atoms with Crippen LogP contribution in [0.25, 0.3) is 11.5 Å². The summed E-state index contributed by atoms with van der Waals surface area (Å²) in [6, 6.07) is 1.65. The van der Waals surface area contributed by atoms with Crippen molar-refractivity contribution >= 4 is 0 Å². The van der Waals surface area contributed by atoms with Gasteiger partial charge in [-0.15, -0.1) is 0 Å². The zero-order valence-corrected chi connectivity index (χ0v) is 9.93. The Hall–Kier alpha value is -2.24. The molecule has 0 spiro atoms. The second-order valence-electron chi connectivity index (χ2n) is 4.14. The number of aromatic nitrogens is 4. The van der Waals surface area contributed by atoms with Crippen LogP contribution in [0.3, 0.4) is 0 Å². The van der Waals surface area contributed by atoms with E-state index in [2.05, 4.69) is 19.9 Å². The van der Waals surface area contributed by atoms with E-state index in [1.807, 2.05) is 0 Å². The van der Waals surface area contributed by atoms with Crippen molar-refractivity contribution in [2.75, 3.05) is 7.11 Å². The molecule has 0 aliphatic heterocycles. The van der Waals surface area contributed by atoms with Crippen molar-refractivity contribution in [1.82, 2.24) is 19.9 Å². The molecule has 6 heteroatoms. The van der Waals surface area contributed by atoms with E-state index in [1.165, 1.54) is 13.4 Å². The molecule has 0 saturated carbocycles. The Morgan fingerprint density at radius 3 is 3.06 bits per heavy atom. The van der Waals surface area contributed by atoms with E-state index >= 15 is 0 Å². The zero-order chi connectivity index (χ0) is 12.5. The third-order valence-electron chi connectivity index (χ3n) is 3.04. The van der Waals surface area contributed by atoms with Crippen molar-refractivity contribution in [3.05, 3.63) is 34.0 Å². The molecule has 0 fully saturated rings. The Labute approximate surface area is 103 Å². The topological polar surface area (TPSA) is 80.8 Å². The van der Waals surface area contributed by atoms with E-state index in [1.54, 1.807) is 6.07 Å². The van der Waals surface area contributed by atoms with Crippen molar-refractivity contribution in [3.8, 4) is 17.4 Å². The minimum atomic E-state index is -0.0647. The van der Waals surface area contributed by atoms with Gasteiger partial charge >= 0.3 is 0 Å². The second-order valence-corrected chi connectivity index (χ2v) is 4.14. The normalized spacial score (nSPS) is 13.4. The predicted octanol–water partition coefficient (Wildman–Crippen LogP) is 0.724. The van der Waals surface area contributed by atoms with Crippen LogP contribution >= 0.6 is 0 Å². The third-order valence-corrected chi connectivity index (χ3v) is 3.04. The van der Waals surface area contributed by atoms with E-state index in [-0.39, 0.29) is 5.56 Å². The molecule has 0 atom stereocenters. The van der Waals surface area contributed by atoms with Crippen LogP contribution in [0, 0.1) is 0 Å². The minimum absolute atomic E-state index is 0.0647. The molecule has 0 saturated heterocycles. The molecule has 1 N–H and O–H groups in total. The highest BCUT2D eigenvalue weighted by molar-refractivity contribution is 5.50. The van der Waals surface area contributed by atoms with Crippen LogP contribution in [0.15, 0.2) is 17.2 Å². The number of aryl methyl sites for hydroxylation is 1. The molecular weight excluding hydrogens is 232 g/mol. The smallest absolute Gasteiger partial charge is 0.254 e. The van der Waals surface area contributed by atoms with Crippen molar-refractivity contribution in [2.45, 2.75) is 19.3 Å². The summed E-state index contributed by atoms with van der Waals surface area (Å²) in [6.45, 7) is 0. The number of ether oxygens (including phenoxy) is 1. The van der Waals surface area contributed by atoms with Gasteiger partial charge in [-0.2, -0.15) is 0 Å². The van der Waals surface area contributed by atoms with E-state index in [0.29, 0.717) is 17.4 Å². The molecule has 2 heterocycles. The lowest BCUT2D eigenvalue weighted by atomic mass is 10.2. The van der Waals surface area contributed by atoms with Gasteiger partial charge in [-0.3, -0.25) is 4.79 Å². The number of aromatic amines is 1. The molecule has 0 bridgehead atoms. The van der Waals surface area contributed by atoms with Gasteiger partial charge < -0.3 is 9.72 Å². The van der Waals surface area contributed by atoms with E-state index in [0.717, 1.165) is 30.5 Å². The first-order valence-electron chi connectivity index (χ1n) is 5.76. The van der Waals surface area contributed by atoms with E-state index < -0.39 is 0 Å². The Bertz CT molecular complexity index is 651. The van der Waals surface area contributed by atoms with E-state index in [9.17, 15) is 4.79 Å². The first-order chi connectivity index (χ1) is 8.78. The van der Waals surface area contributed by atoms with E-state index in [4.69, 9.17) is 4.74 Å². The van der Waals surface area contributed by atoms with Crippen LogP contribution in [0.4, 0.5) is 0 Å². The van der Waals surface area contributed by atoms with Gasteiger partial charge in [0.1, 0.15) is 12.0 Å². The summed E-state index contributed by atoms with van der Waals surface area (Å²) in [7, 11) is 1.53. The van der Waals surface area contributed by atoms with Crippen molar-refractivity contribution in [1.29, 1.82) is 0 Å². The number of nitrogens with zero attached hydrogens (tertiary/aromatic N) is 3. The average Bonchev–Trinajstić information content (AvgIpc) is 2.87. The Morgan fingerprint density at radius 1 is 1.33 bits per heavy atom. The standard InChI is InChI=1S/C12H12N4O2/c1-18-10-5-9(13-6-14-10)11-15-8-4-2-3-7(8)12(17)16-11/h5-6H,2-4H2,1H3,(H,15,16,17). The van der Waals surface area contributed by atoms with Crippen LogP contribution in [-0.2, 0) is 12.8 Å². The summed E-state index contributed by atoms with van der Waals surface area (Å²) in [5.74, 6) is 0.921. The Morgan fingerprint density at radius 2 is 2.22 bits per heavy atom. The molecule has 2 aromatic heterocycles. The van der Waals surface area contributed by atoms with Gasteiger partial charge in [0.15, 0.2) is 5.82 Å². The maximum atomic E-state index is 11.9. The van der Waals surface area contributed by atoms with Crippen molar-refractivity contribution in [2.24, 2.45) is 0 Å². The van der Waals surface area contributed by atoms with Crippen LogP contribution in [0.2, 0.25) is 0 Å². The molecule has 3 rings (SSSR count). The molecule has 1 aliphatic rings. The number of rotatable bonds is 2. The van der Waals surface area contributed by atoms with Gasteiger partial charge in [0.05, 0.1) is 12.8 Å². The van der Waals surface area contributed by atoms with Gasteiger partial charge in [-0.05, 0) is 19.3 Å². The summed E-state index contributed by atoms with van der Waals surface area (Å²) >= 11 is 0. The highest BCUT2D eigenvalue weighted by Gasteiger charge is 2.18. The summed E-state index contributed by atoms with van der Waals surface area (Å²) in [5.41, 5.74) is 2.19. The SMILES string of the molecule is COc1cc(-c2nc3c(c(=O)[nH]2)CCC3)ncn1. The lowest BCUT2D eigenvalue weighted by molar-refractivity contribution is 0.397. The summed E-state index contributed by atoms with van der Waals surface area (Å²) in [5, 5.41) is 0. The Balaban J connectivity index is 2.12. The number of fused-ring (bicyclic) bond motifs is 1. The average molecular weight is 244 g/mol. The monoisotopic (exact) mass is 244 g/mol. The minimum Gasteiger partial charge on any atom is -0.481 e. The number of H-pyrrole nitrogens is 1. The maximum absolute atomic E-state index is 11.9. The molecule has 18 heavy (non-hydrogen) atoms. The highest BCUT2D eigenvalue weighted by Crippen LogP contribution is 2.20. The second kappa shape index (κ2) is 4.21. The molecule has 1 aliphatic carbocycles. The van der Waals surface area contributed by atoms with Crippen LogP contribution < -0.4 is 10.3 Å². The maximum Gasteiger partial charge on any atom is 0.254 e. The van der Waals surface area contributed by atoms with Gasteiger partial charge in [0, 0.05) is 11.6 Å². The fourth-order valence-corrected chi connectivity index (χ4v) is 2.14. The first kappa shape index (κ1) is 10.9. The number of hydrogen-bond acceptors (Lipinski definition) is 5. The predicted molar refractivity (Wildman–Crippen MR) is 64.5 cm³/mol. The number of methoxy groups -OCH3 is 1. The largest absolute Gasteiger partial charge is 0.481 e. The molecule has 0 amide bonds. The molecule has 0 unspecified atom stereocenters. The van der Waals surface area contributed by atoms with Crippen LogP contribution in [-0.4, -0.2) is 27.0 Å². The molecule has 0 aromatic carbocycles. The van der Waals surface area contributed by atoms with Crippen LogP contribution in [0.5, 0.6) is 5.88 Å². The third kappa shape index (κ3) is 1.75. The molecule has 92 valence electrons. The summed E-state index contributed by atoms with van der Waals surface area (Å²) < 4.78 is 5.03. The molecule has 0 radical (unpaired) electrons. The lowest BCUT2D eigenvalue weighted by Crippen LogP contribution is -2.15. The summed E-state index contributed by atoms with van der Waals surface area (Å²) in [4.78, 5) is 27.1. The molecule has 6 nitrogen and oxygen atoms in total. The van der Waals surface area contributed by atoms with Crippen molar-refractivity contribution < 1.29 is 4.74 Å². The zero-order valence-electron chi connectivity index (χ0n) is 9.93. The molecule has 2 aromatic rings. The highest BCUT2D eigenvalue weighted by atomic mass is 16.5. The van der Waals surface area contributed by atoms with Crippen molar-refractivity contribution in [3.63, 3.8) is 0 Å². The molecular formula is C12H12N4O2. The fraction of sp³-hybridized carbons (Fsp3) is 0.333.